The van der Waals surface area contributed by atoms with Crippen LogP contribution in [0.4, 0.5) is 5.69 Å². The fourth-order valence-corrected chi connectivity index (χ4v) is 3.14. The van der Waals surface area contributed by atoms with Crippen LogP contribution in [0.15, 0.2) is 42.5 Å². The van der Waals surface area contributed by atoms with Crippen molar-refractivity contribution in [3.05, 3.63) is 64.7 Å². The van der Waals surface area contributed by atoms with Crippen molar-refractivity contribution in [2.45, 2.75) is 33.2 Å². The smallest absolute Gasteiger partial charge is 0.254 e. The number of hydrogen-bond acceptors (Lipinski definition) is 2. The molecule has 0 unspecified atom stereocenters. The number of aryl methyl sites for hydroxylation is 2. The van der Waals surface area contributed by atoms with Gasteiger partial charge in [0.25, 0.3) is 5.91 Å². The molecule has 23 heavy (non-hydrogen) atoms. The summed E-state index contributed by atoms with van der Waals surface area (Å²) in [5, 5.41) is 3.44. The van der Waals surface area contributed by atoms with Gasteiger partial charge < -0.3 is 10.2 Å². The molecule has 0 bridgehead atoms. The van der Waals surface area contributed by atoms with Gasteiger partial charge in [-0.15, -0.1) is 0 Å². The highest BCUT2D eigenvalue weighted by atomic mass is 16.2. The average Bonchev–Trinajstić information content (AvgIpc) is 3.10. The van der Waals surface area contributed by atoms with Crippen LogP contribution in [0, 0.1) is 13.8 Å². The van der Waals surface area contributed by atoms with E-state index in [0.29, 0.717) is 0 Å². The van der Waals surface area contributed by atoms with E-state index >= 15 is 0 Å². The Hall–Kier alpha value is -2.29. The molecule has 1 heterocycles. The van der Waals surface area contributed by atoms with Crippen molar-refractivity contribution in [1.82, 2.24) is 4.90 Å². The van der Waals surface area contributed by atoms with E-state index in [1.165, 1.54) is 11.1 Å². The standard InChI is InChI=1S/C20H24N2O/c1-15-13-19(20(23)22-10-6-7-11-22)16(2)12-17(15)14-21-18-8-4-3-5-9-18/h3-5,8-9,12-13,21H,6-7,10-11,14H2,1-2H3. The Morgan fingerprint density at radius 2 is 1.74 bits per heavy atom. The first-order chi connectivity index (χ1) is 11.1. The number of para-hydroxylation sites is 1. The number of rotatable bonds is 4. The molecule has 3 nitrogen and oxygen atoms in total. The molecule has 2 aromatic carbocycles. The molecule has 0 saturated carbocycles. The van der Waals surface area contributed by atoms with Gasteiger partial charge in [0.1, 0.15) is 0 Å². The minimum absolute atomic E-state index is 0.186. The van der Waals surface area contributed by atoms with Gasteiger partial charge in [0.2, 0.25) is 0 Å². The van der Waals surface area contributed by atoms with Gasteiger partial charge in [0.05, 0.1) is 0 Å². The quantitative estimate of drug-likeness (QED) is 0.920. The maximum absolute atomic E-state index is 12.6. The molecular weight excluding hydrogens is 284 g/mol. The van der Waals surface area contributed by atoms with Crippen molar-refractivity contribution in [1.29, 1.82) is 0 Å². The second kappa shape index (κ2) is 6.86. The van der Waals surface area contributed by atoms with Crippen molar-refractivity contribution in [3.8, 4) is 0 Å². The molecule has 3 rings (SSSR count). The zero-order valence-electron chi connectivity index (χ0n) is 13.9. The fraction of sp³-hybridized carbons (Fsp3) is 0.350. The molecule has 3 heteroatoms. The number of carbonyl (C=O) groups is 1. The van der Waals surface area contributed by atoms with Crippen LogP contribution in [0.1, 0.15) is 39.9 Å². The van der Waals surface area contributed by atoms with Crippen LogP contribution in [0.2, 0.25) is 0 Å². The number of anilines is 1. The number of likely N-dealkylation sites (tertiary alicyclic amines) is 1. The van der Waals surface area contributed by atoms with Gasteiger partial charge in [-0.2, -0.15) is 0 Å². The Kier molecular flexibility index (Phi) is 4.65. The van der Waals surface area contributed by atoms with Gasteiger partial charge in [-0.3, -0.25) is 4.79 Å². The van der Waals surface area contributed by atoms with E-state index in [0.717, 1.165) is 49.3 Å². The van der Waals surface area contributed by atoms with E-state index < -0.39 is 0 Å². The molecule has 0 radical (unpaired) electrons. The third kappa shape index (κ3) is 3.55. The van der Waals surface area contributed by atoms with Gasteiger partial charge in [-0.25, -0.2) is 0 Å². The number of hydrogen-bond donors (Lipinski definition) is 1. The largest absolute Gasteiger partial charge is 0.381 e. The van der Waals surface area contributed by atoms with Gasteiger partial charge in [0.15, 0.2) is 0 Å². The summed E-state index contributed by atoms with van der Waals surface area (Å²) in [6.07, 6.45) is 2.26. The highest BCUT2D eigenvalue weighted by molar-refractivity contribution is 5.96. The molecule has 1 aliphatic rings. The monoisotopic (exact) mass is 308 g/mol. The van der Waals surface area contributed by atoms with E-state index in [9.17, 15) is 4.79 Å². The Morgan fingerprint density at radius 1 is 1.04 bits per heavy atom. The minimum Gasteiger partial charge on any atom is -0.381 e. The van der Waals surface area contributed by atoms with Crippen LogP contribution in [0.25, 0.3) is 0 Å². The third-order valence-corrected chi connectivity index (χ3v) is 4.56. The topological polar surface area (TPSA) is 32.3 Å². The van der Waals surface area contributed by atoms with Crippen molar-refractivity contribution < 1.29 is 4.79 Å². The van der Waals surface area contributed by atoms with E-state index in [-0.39, 0.29) is 5.91 Å². The average molecular weight is 308 g/mol. The van der Waals surface area contributed by atoms with E-state index in [1.807, 2.05) is 30.0 Å². The lowest BCUT2D eigenvalue weighted by atomic mass is 9.99. The summed E-state index contributed by atoms with van der Waals surface area (Å²) in [6.45, 7) is 6.69. The lowest BCUT2D eigenvalue weighted by Gasteiger charge is -2.18. The molecule has 1 aliphatic heterocycles. The molecule has 0 aliphatic carbocycles. The highest BCUT2D eigenvalue weighted by Crippen LogP contribution is 2.21. The predicted octanol–water partition coefficient (Wildman–Crippen LogP) is 4.15. The summed E-state index contributed by atoms with van der Waals surface area (Å²) in [5.74, 6) is 0.186. The molecule has 1 amide bonds. The van der Waals surface area contributed by atoms with Gasteiger partial charge >= 0.3 is 0 Å². The summed E-state index contributed by atoms with van der Waals surface area (Å²) in [7, 11) is 0. The molecule has 0 aromatic heterocycles. The first-order valence-corrected chi connectivity index (χ1v) is 8.33. The van der Waals surface area contributed by atoms with Crippen LogP contribution in [-0.2, 0) is 6.54 Å². The maximum atomic E-state index is 12.6. The summed E-state index contributed by atoms with van der Waals surface area (Å²) in [5.41, 5.74) is 5.44. The minimum atomic E-state index is 0.186. The lowest BCUT2D eigenvalue weighted by Crippen LogP contribution is -2.28. The zero-order chi connectivity index (χ0) is 16.2. The third-order valence-electron chi connectivity index (χ3n) is 4.56. The Labute approximate surface area is 138 Å². The number of carbonyl (C=O) groups excluding carboxylic acids is 1. The fourth-order valence-electron chi connectivity index (χ4n) is 3.14. The van der Waals surface area contributed by atoms with Gasteiger partial charge in [-0.05, 0) is 61.6 Å². The summed E-state index contributed by atoms with van der Waals surface area (Å²) in [4.78, 5) is 14.6. The van der Waals surface area contributed by atoms with E-state index in [2.05, 4.69) is 36.5 Å². The van der Waals surface area contributed by atoms with Crippen LogP contribution in [-0.4, -0.2) is 23.9 Å². The van der Waals surface area contributed by atoms with Crippen LogP contribution in [0.3, 0.4) is 0 Å². The van der Waals surface area contributed by atoms with Gasteiger partial charge in [0, 0.05) is 30.9 Å². The first kappa shape index (κ1) is 15.6. The van der Waals surface area contributed by atoms with Gasteiger partial charge in [-0.1, -0.05) is 24.3 Å². The van der Waals surface area contributed by atoms with E-state index in [4.69, 9.17) is 0 Å². The zero-order valence-corrected chi connectivity index (χ0v) is 13.9. The molecule has 120 valence electrons. The lowest BCUT2D eigenvalue weighted by molar-refractivity contribution is 0.0792. The van der Waals surface area contributed by atoms with Crippen LogP contribution < -0.4 is 5.32 Å². The molecule has 0 atom stereocenters. The first-order valence-electron chi connectivity index (χ1n) is 8.33. The number of nitrogens with one attached hydrogen (secondary N) is 1. The summed E-state index contributed by atoms with van der Waals surface area (Å²) >= 11 is 0. The number of nitrogens with zero attached hydrogens (tertiary/aromatic N) is 1. The maximum Gasteiger partial charge on any atom is 0.254 e. The normalized spacial score (nSPS) is 14.1. The summed E-state index contributed by atoms with van der Waals surface area (Å²) < 4.78 is 0. The molecule has 0 spiro atoms. The van der Waals surface area contributed by atoms with Crippen molar-refractivity contribution in [3.63, 3.8) is 0 Å². The van der Waals surface area contributed by atoms with Crippen LogP contribution in [0.5, 0.6) is 0 Å². The molecule has 2 aromatic rings. The molecule has 1 saturated heterocycles. The van der Waals surface area contributed by atoms with Crippen molar-refractivity contribution in [2.24, 2.45) is 0 Å². The van der Waals surface area contributed by atoms with Crippen molar-refractivity contribution in [2.75, 3.05) is 18.4 Å². The second-order valence-corrected chi connectivity index (χ2v) is 6.31. The highest BCUT2D eigenvalue weighted by Gasteiger charge is 2.21. The molecule has 1 fully saturated rings. The van der Waals surface area contributed by atoms with Crippen LogP contribution >= 0.6 is 0 Å². The second-order valence-electron chi connectivity index (χ2n) is 6.31. The summed E-state index contributed by atoms with van der Waals surface area (Å²) in [6, 6.07) is 14.4. The Morgan fingerprint density at radius 3 is 2.43 bits per heavy atom. The Balaban J connectivity index is 1.75. The predicted molar refractivity (Wildman–Crippen MR) is 94.8 cm³/mol. The molecule has 1 N–H and O–H groups in total. The Bertz CT molecular complexity index is 688. The van der Waals surface area contributed by atoms with Crippen molar-refractivity contribution >= 4 is 11.6 Å². The number of amides is 1. The molecular formula is C20H24N2O. The SMILES string of the molecule is Cc1cc(C(=O)N2CCCC2)c(C)cc1CNc1ccccc1. The van der Waals surface area contributed by atoms with E-state index in [1.54, 1.807) is 0 Å². The number of benzene rings is 2.